The minimum absolute atomic E-state index is 0.0650. The number of halogens is 5. The lowest BCUT2D eigenvalue weighted by Gasteiger charge is -2.34. The van der Waals surface area contributed by atoms with Crippen LogP contribution >= 0.6 is 22.7 Å². The van der Waals surface area contributed by atoms with Gasteiger partial charge in [-0.05, 0) is 31.0 Å². The van der Waals surface area contributed by atoms with Crippen molar-refractivity contribution in [3.63, 3.8) is 0 Å². The van der Waals surface area contributed by atoms with Gasteiger partial charge in [-0.25, -0.2) is 8.78 Å². The summed E-state index contributed by atoms with van der Waals surface area (Å²) in [6.07, 6.45) is -0.640. The molecule has 18 heteroatoms. The van der Waals surface area contributed by atoms with Gasteiger partial charge in [-0.1, -0.05) is 22.7 Å². The number of pyridine rings is 2. The molecule has 1 aliphatic rings. The number of amides is 2. The van der Waals surface area contributed by atoms with Crippen LogP contribution in [0.2, 0.25) is 0 Å². The molecule has 11 nitrogen and oxygen atoms in total. The summed E-state index contributed by atoms with van der Waals surface area (Å²) in [4.78, 5) is 32.9. The Morgan fingerprint density at radius 2 is 1.38 bits per heavy atom. The van der Waals surface area contributed by atoms with Gasteiger partial charge in [0, 0.05) is 44.1 Å². The van der Waals surface area contributed by atoms with Crippen LogP contribution in [0.15, 0.2) is 36.7 Å². The monoisotopic (exact) mass is 668 g/mol. The summed E-state index contributed by atoms with van der Waals surface area (Å²) in [7, 11) is 0. The Labute approximate surface area is 260 Å². The molecule has 1 fully saturated rings. The molecule has 0 radical (unpaired) electrons. The van der Waals surface area contributed by atoms with Crippen molar-refractivity contribution < 1.29 is 36.3 Å². The van der Waals surface area contributed by atoms with E-state index >= 15 is 0 Å². The van der Waals surface area contributed by atoms with Crippen LogP contribution < -0.4 is 15.4 Å². The first-order valence-corrected chi connectivity index (χ1v) is 15.3. The van der Waals surface area contributed by atoms with Gasteiger partial charge in [0.2, 0.25) is 10.0 Å². The minimum atomic E-state index is -4.50. The number of unbranched alkanes of at least 4 members (excludes halogenated alkanes) is 1. The number of nitrogens with zero attached hydrogens (tertiary/aromatic N) is 6. The van der Waals surface area contributed by atoms with E-state index in [0.717, 1.165) is 41.0 Å². The number of hydrogen-bond acceptors (Lipinski definition) is 11. The summed E-state index contributed by atoms with van der Waals surface area (Å²) in [5.74, 6) is -3.25. The molecule has 1 saturated carbocycles. The highest BCUT2D eigenvalue weighted by molar-refractivity contribution is 7.13. The second-order valence-electron chi connectivity index (χ2n) is 10.1. The summed E-state index contributed by atoms with van der Waals surface area (Å²) in [6.45, 7) is -0.0968. The molecule has 5 rings (SSSR count). The molecule has 0 saturated heterocycles. The molecule has 4 heterocycles. The van der Waals surface area contributed by atoms with Crippen molar-refractivity contribution >= 4 is 34.5 Å². The van der Waals surface area contributed by atoms with Crippen LogP contribution in [0.5, 0.6) is 5.75 Å². The highest BCUT2D eigenvalue weighted by Gasteiger charge is 2.47. The van der Waals surface area contributed by atoms with Crippen molar-refractivity contribution in [1.29, 1.82) is 0 Å². The Hall–Kier alpha value is -4.19. The summed E-state index contributed by atoms with van der Waals surface area (Å²) < 4.78 is 70.2. The number of nitrogens with one attached hydrogen (secondary N) is 2. The molecular formula is C27H25F5N8O3S2. The minimum Gasteiger partial charge on any atom is -0.490 e. The summed E-state index contributed by atoms with van der Waals surface area (Å²) in [5.41, 5.74) is -0.282. The number of aryl methyl sites for hydroxylation is 2. The maximum Gasteiger partial charge on any atom is 0.416 e. The number of carbonyl (C=O) groups excluding carboxylic acids is 2. The van der Waals surface area contributed by atoms with Crippen molar-refractivity contribution in [2.45, 2.75) is 69.8 Å². The van der Waals surface area contributed by atoms with E-state index in [4.69, 9.17) is 4.74 Å². The van der Waals surface area contributed by atoms with Crippen LogP contribution in [-0.4, -0.2) is 54.2 Å². The van der Waals surface area contributed by atoms with Gasteiger partial charge in [-0.3, -0.25) is 19.6 Å². The largest absolute Gasteiger partial charge is 0.490 e. The maximum atomic E-state index is 13.0. The van der Waals surface area contributed by atoms with Crippen LogP contribution in [0.4, 0.5) is 22.0 Å². The summed E-state index contributed by atoms with van der Waals surface area (Å²) in [6, 6.07) is 4.90. The highest BCUT2D eigenvalue weighted by atomic mass is 32.1. The molecule has 4 aromatic rings. The molecule has 0 bridgehead atoms. The fourth-order valence-electron chi connectivity index (χ4n) is 4.20. The third-order valence-corrected chi connectivity index (χ3v) is 8.46. The molecule has 0 unspecified atom stereocenters. The van der Waals surface area contributed by atoms with E-state index < -0.39 is 35.6 Å². The Morgan fingerprint density at radius 1 is 0.844 bits per heavy atom. The van der Waals surface area contributed by atoms with Gasteiger partial charge in [-0.15, -0.1) is 20.4 Å². The molecule has 4 aromatic heterocycles. The molecule has 2 amide bonds. The van der Waals surface area contributed by atoms with Crippen molar-refractivity contribution in [2.75, 3.05) is 0 Å². The van der Waals surface area contributed by atoms with E-state index in [-0.39, 0.29) is 41.6 Å². The molecule has 45 heavy (non-hydrogen) atoms. The Kier molecular flexibility index (Phi) is 9.91. The van der Waals surface area contributed by atoms with Crippen LogP contribution in [-0.2, 0) is 32.1 Å². The van der Waals surface area contributed by atoms with Crippen molar-refractivity contribution in [3.05, 3.63) is 73.6 Å². The molecule has 1 aliphatic carbocycles. The van der Waals surface area contributed by atoms with E-state index in [0.29, 0.717) is 47.1 Å². The zero-order chi connectivity index (χ0) is 32.0. The third kappa shape index (κ3) is 9.16. The first-order valence-electron chi connectivity index (χ1n) is 13.7. The van der Waals surface area contributed by atoms with E-state index in [1.165, 1.54) is 6.20 Å². The van der Waals surface area contributed by atoms with E-state index in [9.17, 15) is 31.5 Å². The number of ether oxygens (including phenoxy) is 1. The second-order valence-corrected chi connectivity index (χ2v) is 12.2. The van der Waals surface area contributed by atoms with Gasteiger partial charge in [0.15, 0.2) is 0 Å². The van der Waals surface area contributed by atoms with E-state index in [2.05, 4.69) is 41.0 Å². The van der Waals surface area contributed by atoms with Gasteiger partial charge in [-0.2, -0.15) is 13.2 Å². The van der Waals surface area contributed by atoms with Crippen LogP contribution in [0.25, 0.3) is 0 Å². The first-order chi connectivity index (χ1) is 21.4. The lowest BCUT2D eigenvalue weighted by atomic mass is 9.91. The second kappa shape index (κ2) is 13.8. The Balaban J connectivity index is 1.00. The summed E-state index contributed by atoms with van der Waals surface area (Å²) in [5, 5.41) is 22.7. The van der Waals surface area contributed by atoms with Crippen molar-refractivity contribution in [3.8, 4) is 5.75 Å². The standard InChI is InChI=1S/C27H25F5N8O3S2/c28-26(29)11-19(12-26)43-18-6-8-34-17(10-18)14-36-23(42)25-40-38-21(45-25)4-2-1-3-20-37-39-24(44-20)22(41)35-13-16-9-15(5-7-33-16)27(30,31)32/h5-10,19H,1-4,11-14H2,(H,35,41)(H,36,42). The van der Waals surface area contributed by atoms with Gasteiger partial charge in [0.25, 0.3) is 17.7 Å². The molecule has 0 aromatic carbocycles. The zero-order valence-electron chi connectivity index (χ0n) is 23.3. The summed E-state index contributed by atoms with van der Waals surface area (Å²) >= 11 is 2.25. The number of rotatable bonds is 13. The highest BCUT2D eigenvalue weighted by Crippen LogP contribution is 2.39. The van der Waals surface area contributed by atoms with E-state index in [1.54, 1.807) is 12.1 Å². The molecular weight excluding hydrogens is 643 g/mol. The quantitative estimate of drug-likeness (QED) is 0.152. The van der Waals surface area contributed by atoms with Gasteiger partial charge >= 0.3 is 6.18 Å². The van der Waals surface area contributed by atoms with Crippen LogP contribution in [0, 0.1) is 0 Å². The lowest BCUT2D eigenvalue weighted by molar-refractivity contribution is -0.137. The fraction of sp³-hybridized carbons (Fsp3) is 0.407. The number of hydrogen-bond donors (Lipinski definition) is 2. The van der Waals surface area contributed by atoms with Gasteiger partial charge < -0.3 is 15.4 Å². The predicted octanol–water partition coefficient (Wildman–Crippen LogP) is 4.80. The number of alkyl halides is 5. The van der Waals surface area contributed by atoms with Crippen molar-refractivity contribution in [2.24, 2.45) is 0 Å². The Morgan fingerprint density at radius 3 is 1.91 bits per heavy atom. The molecule has 2 N–H and O–H groups in total. The molecule has 0 aliphatic heterocycles. The fourth-order valence-corrected chi connectivity index (χ4v) is 5.79. The lowest BCUT2D eigenvalue weighted by Crippen LogP contribution is -2.43. The topological polar surface area (TPSA) is 145 Å². The first kappa shape index (κ1) is 32.2. The third-order valence-electron chi connectivity index (χ3n) is 6.50. The predicted molar refractivity (Wildman–Crippen MR) is 151 cm³/mol. The van der Waals surface area contributed by atoms with Crippen molar-refractivity contribution in [1.82, 2.24) is 41.0 Å². The molecule has 238 valence electrons. The zero-order valence-corrected chi connectivity index (χ0v) is 24.9. The average Bonchev–Trinajstić information content (AvgIpc) is 3.66. The number of aromatic nitrogens is 6. The van der Waals surface area contributed by atoms with Gasteiger partial charge in [0.1, 0.15) is 21.9 Å². The van der Waals surface area contributed by atoms with Crippen LogP contribution in [0.1, 0.15) is 72.3 Å². The normalized spacial score (nSPS) is 14.5. The maximum absolute atomic E-state index is 13.0. The number of carbonyl (C=O) groups is 2. The van der Waals surface area contributed by atoms with Gasteiger partial charge in [0.05, 0.1) is 30.0 Å². The van der Waals surface area contributed by atoms with E-state index in [1.807, 2.05) is 0 Å². The smallest absolute Gasteiger partial charge is 0.416 e. The average molecular weight is 669 g/mol. The van der Waals surface area contributed by atoms with Crippen LogP contribution in [0.3, 0.4) is 0 Å². The SMILES string of the molecule is O=C(NCc1cc(OC2CC(F)(F)C2)ccn1)c1nnc(CCCCc2nnc(C(=O)NCc3cc(C(F)(F)F)ccn3)s2)s1. The molecule has 0 spiro atoms. The molecule has 0 atom stereocenters. The Bertz CT molecular complexity index is 1640.